The second-order valence-electron chi connectivity index (χ2n) is 5.50. The summed E-state index contributed by atoms with van der Waals surface area (Å²) in [6.45, 7) is 5.89. The highest BCUT2D eigenvalue weighted by atomic mass is 35.5. The van der Waals surface area contributed by atoms with Crippen LogP contribution in [0.25, 0.3) is 0 Å². The Kier molecular flexibility index (Phi) is 4.24. The molecular weight excluding hydrogens is 333 g/mol. The van der Waals surface area contributed by atoms with Crippen LogP contribution in [0.4, 0.5) is 5.69 Å². The summed E-state index contributed by atoms with van der Waals surface area (Å²) in [4.78, 5) is -0.0693. The SMILES string of the molecule is CC(C)(C)n1cc(NS(=O)(=O)c2cccc(Cl)c2Cl)cn1. The molecule has 0 spiro atoms. The van der Waals surface area contributed by atoms with Gasteiger partial charge < -0.3 is 0 Å². The van der Waals surface area contributed by atoms with Crippen molar-refractivity contribution in [2.24, 2.45) is 0 Å². The predicted octanol–water partition coefficient (Wildman–Crippen LogP) is 3.75. The molecular formula is C13H15Cl2N3O2S. The number of anilines is 1. The first kappa shape index (κ1) is 16.1. The van der Waals surface area contributed by atoms with Gasteiger partial charge in [-0.1, -0.05) is 29.3 Å². The minimum atomic E-state index is -3.82. The number of hydrogen-bond donors (Lipinski definition) is 1. The van der Waals surface area contributed by atoms with Crippen molar-refractivity contribution >= 4 is 38.9 Å². The van der Waals surface area contributed by atoms with Crippen molar-refractivity contribution in [3.8, 4) is 0 Å². The number of halogens is 2. The van der Waals surface area contributed by atoms with Crippen molar-refractivity contribution in [2.45, 2.75) is 31.2 Å². The van der Waals surface area contributed by atoms with E-state index in [0.29, 0.717) is 5.69 Å². The Morgan fingerprint density at radius 2 is 1.90 bits per heavy atom. The number of rotatable bonds is 3. The lowest BCUT2D eigenvalue weighted by Gasteiger charge is -2.18. The van der Waals surface area contributed by atoms with E-state index in [2.05, 4.69) is 9.82 Å². The van der Waals surface area contributed by atoms with E-state index in [-0.39, 0.29) is 20.5 Å². The van der Waals surface area contributed by atoms with Gasteiger partial charge in [-0.2, -0.15) is 5.10 Å². The Bertz CT molecular complexity index is 764. The molecule has 1 heterocycles. The summed E-state index contributed by atoms with van der Waals surface area (Å²) in [5.41, 5.74) is 0.123. The zero-order valence-electron chi connectivity index (χ0n) is 11.8. The Morgan fingerprint density at radius 3 is 2.48 bits per heavy atom. The van der Waals surface area contributed by atoms with Crippen LogP contribution in [0, 0.1) is 0 Å². The van der Waals surface area contributed by atoms with Crippen molar-refractivity contribution < 1.29 is 8.42 Å². The third kappa shape index (κ3) is 3.51. The normalized spacial score (nSPS) is 12.4. The maximum Gasteiger partial charge on any atom is 0.263 e. The van der Waals surface area contributed by atoms with Crippen LogP contribution in [-0.4, -0.2) is 18.2 Å². The van der Waals surface area contributed by atoms with Crippen molar-refractivity contribution in [2.75, 3.05) is 4.72 Å². The second-order valence-corrected chi connectivity index (χ2v) is 7.94. The average molecular weight is 348 g/mol. The van der Waals surface area contributed by atoms with Crippen LogP contribution >= 0.6 is 23.2 Å². The molecule has 0 aliphatic rings. The van der Waals surface area contributed by atoms with Gasteiger partial charge in [0.2, 0.25) is 0 Å². The minimum absolute atomic E-state index is 0.00474. The summed E-state index contributed by atoms with van der Waals surface area (Å²) in [5, 5.41) is 4.32. The van der Waals surface area contributed by atoms with E-state index in [4.69, 9.17) is 23.2 Å². The molecule has 2 aromatic rings. The fourth-order valence-electron chi connectivity index (χ4n) is 1.64. The molecule has 114 valence electrons. The lowest BCUT2D eigenvalue weighted by Crippen LogP contribution is -2.22. The quantitative estimate of drug-likeness (QED) is 0.919. The molecule has 0 saturated heterocycles. The molecule has 1 N–H and O–H groups in total. The van der Waals surface area contributed by atoms with Crippen molar-refractivity contribution in [3.63, 3.8) is 0 Å². The van der Waals surface area contributed by atoms with Crippen molar-refractivity contribution in [1.82, 2.24) is 9.78 Å². The zero-order valence-corrected chi connectivity index (χ0v) is 14.1. The van der Waals surface area contributed by atoms with Crippen LogP contribution in [0.3, 0.4) is 0 Å². The lowest BCUT2D eigenvalue weighted by molar-refractivity contribution is 0.355. The first-order chi connectivity index (χ1) is 9.61. The van der Waals surface area contributed by atoms with Gasteiger partial charge in [-0.25, -0.2) is 8.42 Å². The third-order valence-corrected chi connectivity index (χ3v) is 5.08. The minimum Gasteiger partial charge on any atom is -0.276 e. The van der Waals surface area contributed by atoms with E-state index in [0.717, 1.165) is 0 Å². The van der Waals surface area contributed by atoms with Crippen LogP contribution in [0.15, 0.2) is 35.5 Å². The van der Waals surface area contributed by atoms with Gasteiger partial charge in [0, 0.05) is 6.20 Å². The average Bonchev–Trinajstić information content (AvgIpc) is 2.80. The van der Waals surface area contributed by atoms with Gasteiger partial charge in [0.1, 0.15) is 4.90 Å². The molecule has 8 heteroatoms. The molecule has 0 radical (unpaired) electrons. The first-order valence-corrected chi connectivity index (χ1v) is 8.37. The summed E-state index contributed by atoms with van der Waals surface area (Å²) >= 11 is 11.8. The predicted molar refractivity (Wildman–Crippen MR) is 84.5 cm³/mol. The summed E-state index contributed by atoms with van der Waals surface area (Å²) in [6.07, 6.45) is 3.07. The summed E-state index contributed by atoms with van der Waals surface area (Å²) in [7, 11) is -3.82. The number of hydrogen-bond acceptors (Lipinski definition) is 3. The number of aromatic nitrogens is 2. The third-order valence-electron chi connectivity index (χ3n) is 2.73. The molecule has 0 amide bonds. The van der Waals surface area contributed by atoms with Gasteiger partial charge in [0.25, 0.3) is 10.0 Å². The monoisotopic (exact) mass is 347 g/mol. The van der Waals surface area contributed by atoms with E-state index in [9.17, 15) is 8.42 Å². The summed E-state index contributed by atoms with van der Waals surface area (Å²) < 4.78 is 28.8. The fourth-order valence-corrected chi connectivity index (χ4v) is 3.43. The van der Waals surface area contributed by atoms with Crippen molar-refractivity contribution in [3.05, 3.63) is 40.6 Å². The van der Waals surface area contributed by atoms with Gasteiger partial charge in [0.15, 0.2) is 0 Å². The molecule has 0 fully saturated rings. The molecule has 0 saturated carbocycles. The molecule has 0 aliphatic carbocycles. The van der Waals surface area contributed by atoms with E-state index in [1.165, 1.54) is 24.4 Å². The Labute approximate surface area is 133 Å². The van der Waals surface area contributed by atoms with E-state index < -0.39 is 10.0 Å². The standard InChI is InChI=1S/C13H15Cl2N3O2S/c1-13(2,3)18-8-9(7-16-18)17-21(19,20)11-6-4-5-10(14)12(11)15/h4-8,17H,1-3H3. The topological polar surface area (TPSA) is 64.0 Å². The van der Waals surface area contributed by atoms with Crippen molar-refractivity contribution in [1.29, 1.82) is 0 Å². The fraction of sp³-hybridized carbons (Fsp3) is 0.308. The van der Waals surface area contributed by atoms with Crippen LogP contribution in [0.1, 0.15) is 20.8 Å². The molecule has 1 aromatic carbocycles. The molecule has 21 heavy (non-hydrogen) atoms. The molecule has 2 rings (SSSR count). The largest absolute Gasteiger partial charge is 0.276 e. The highest BCUT2D eigenvalue weighted by Gasteiger charge is 2.21. The Morgan fingerprint density at radius 1 is 1.24 bits per heavy atom. The molecule has 0 atom stereocenters. The summed E-state index contributed by atoms with van der Waals surface area (Å²) in [6, 6.07) is 4.45. The Hall–Kier alpha value is -1.24. The van der Waals surface area contributed by atoms with Gasteiger partial charge in [-0.15, -0.1) is 0 Å². The van der Waals surface area contributed by atoms with Crippen LogP contribution in [-0.2, 0) is 15.6 Å². The van der Waals surface area contributed by atoms with Gasteiger partial charge in [-0.05, 0) is 32.9 Å². The highest BCUT2D eigenvalue weighted by Crippen LogP contribution is 2.30. The van der Waals surface area contributed by atoms with E-state index in [1.807, 2.05) is 20.8 Å². The molecule has 0 unspecified atom stereocenters. The number of benzene rings is 1. The maximum atomic E-state index is 12.3. The second kappa shape index (κ2) is 5.51. The highest BCUT2D eigenvalue weighted by molar-refractivity contribution is 7.92. The first-order valence-electron chi connectivity index (χ1n) is 6.13. The Balaban J connectivity index is 2.34. The van der Waals surface area contributed by atoms with E-state index >= 15 is 0 Å². The smallest absolute Gasteiger partial charge is 0.263 e. The van der Waals surface area contributed by atoms with Crippen LogP contribution in [0.2, 0.25) is 10.0 Å². The van der Waals surface area contributed by atoms with Gasteiger partial charge in [0.05, 0.1) is 27.5 Å². The number of sulfonamides is 1. The number of nitrogens with one attached hydrogen (secondary N) is 1. The molecule has 1 aromatic heterocycles. The summed E-state index contributed by atoms with van der Waals surface area (Å²) in [5.74, 6) is 0. The van der Waals surface area contributed by atoms with Gasteiger partial charge in [-0.3, -0.25) is 9.40 Å². The van der Waals surface area contributed by atoms with E-state index in [1.54, 1.807) is 10.9 Å². The maximum absolute atomic E-state index is 12.3. The molecule has 0 aliphatic heterocycles. The lowest BCUT2D eigenvalue weighted by atomic mass is 10.1. The number of nitrogens with zero attached hydrogens (tertiary/aromatic N) is 2. The van der Waals surface area contributed by atoms with Crippen LogP contribution in [0.5, 0.6) is 0 Å². The molecule has 5 nitrogen and oxygen atoms in total. The zero-order chi connectivity index (χ0) is 15.8. The van der Waals surface area contributed by atoms with Gasteiger partial charge >= 0.3 is 0 Å². The van der Waals surface area contributed by atoms with Crippen LogP contribution < -0.4 is 4.72 Å². The molecule has 0 bridgehead atoms.